The number of hydrogen-bond donors (Lipinski definition) is 2. The van der Waals surface area contributed by atoms with Crippen molar-refractivity contribution in [3.63, 3.8) is 0 Å². The lowest BCUT2D eigenvalue weighted by molar-refractivity contribution is -0.133. The van der Waals surface area contributed by atoms with Crippen molar-refractivity contribution in [1.82, 2.24) is 0 Å². The molecule has 0 saturated heterocycles. The molecule has 2 aromatic carbocycles. The summed E-state index contributed by atoms with van der Waals surface area (Å²) >= 11 is 0. The third-order valence-electron chi connectivity index (χ3n) is 4.75. The minimum Gasteiger partial charge on any atom is -0.421 e. The van der Waals surface area contributed by atoms with Crippen LogP contribution in [0.2, 0.25) is 0 Å². The van der Waals surface area contributed by atoms with E-state index in [2.05, 4.69) is 0 Å². The number of rotatable bonds is 9. The van der Waals surface area contributed by atoms with E-state index in [-0.39, 0.29) is 12.3 Å². The van der Waals surface area contributed by atoms with Gasteiger partial charge in [0.1, 0.15) is 0 Å². The van der Waals surface area contributed by atoms with Gasteiger partial charge in [-0.15, -0.1) is 0 Å². The molecule has 0 amide bonds. The van der Waals surface area contributed by atoms with E-state index in [4.69, 9.17) is 9.47 Å². The normalized spacial score (nSPS) is 14.3. The molecule has 6 nitrogen and oxygen atoms in total. The number of aliphatic hydroxyl groups excluding tert-OH is 2. The van der Waals surface area contributed by atoms with Crippen LogP contribution in [0.15, 0.2) is 60.7 Å². The highest BCUT2D eigenvalue weighted by Gasteiger charge is 2.33. The molecular formula is C23H28O6. The summed E-state index contributed by atoms with van der Waals surface area (Å²) in [7, 11) is 0. The van der Waals surface area contributed by atoms with Crippen LogP contribution in [0.1, 0.15) is 47.9 Å². The lowest BCUT2D eigenvalue weighted by atomic mass is 9.94. The second kappa shape index (κ2) is 10.7. The third kappa shape index (κ3) is 6.69. The van der Waals surface area contributed by atoms with Gasteiger partial charge in [-0.1, -0.05) is 57.2 Å². The standard InChI is InChI=1S/C23H28O6/c1-15(2)19(24)14-20(25)16(3)23(28-21(26)17-10-6-4-7-11-17)29-22(27)18-12-8-5-9-13-18/h4-13,15-16,19-20,23-25H,14H2,1-3H3. The minimum absolute atomic E-state index is 0.0472. The predicted octanol–water partition coefficient (Wildman–Crippen LogP) is 3.43. The zero-order valence-corrected chi connectivity index (χ0v) is 16.9. The summed E-state index contributed by atoms with van der Waals surface area (Å²) in [6.45, 7) is 5.29. The van der Waals surface area contributed by atoms with Crippen molar-refractivity contribution < 1.29 is 29.3 Å². The second-order valence-corrected chi connectivity index (χ2v) is 7.38. The maximum Gasteiger partial charge on any atom is 0.341 e. The van der Waals surface area contributed by atoms with Crippen LogP contribution in [0.25, 0.3) is 0 Å². The first-order valence-corrected chi connectivity index (χ1v) is 9.67. The quantitative estimate of drug-likeness (QED) is 0.495. The van der Waals surface area contributed by atoms with Gasteiger partial charge in [-0.25, -0.2) is 9.59 Å². The van der Waals surface area contributed by atoms with Crippen molar-refractivity contribution in [2.75, 3.05) is 0 Å². The number of carbonyl (C=O) groups is 2. The molecule has 0 heterocycles. The molecule has 29 heavy (non-hydrogen) atoms. The highest BCUT2D eigenvalue weighted by molar-refractivity contribution is 5.91. The van der Waals surface area contributed by atoms with Gasteiger partial charge in [-0.05, 0) is 30.2 Å². The minimum atomic E-state index is -1.32. The summed E-state index contributed by atoms with van der Waals surface area (Å²) in [4.78, 5) is 25.0. The zero-order chi connectivity index (χ0) is 21.4. The van der Waals surface area contributed by atoms with E-state index in [1.54, 1.807) is 67.6 Å². The van der Waals surface area contributed by atoms with Gasteiger partial charge in [0.2, 0.25) is 0 Å². The average Bonchev–Trinajstić information content (AvgIpc) is 2.73. The number of ether oxygens (including phenoxy) is 2. The summed E-state index contributed by atoms with van der Waals surface area (Å²) in [5, 5.41) is 20.6. The van der Waals surface area contributed by atoms with Gasteiger partial charge in [-0.2, -0.15) is 0 Å². The molecule has 6 heteroatoms. The van der Waals surface area contributed by atoms with E-state index in [0.717, 1.165) is 0 Å². The Morgan fingerprint density at radius 3 is 1.55 bits per heavy atom. The van der Waals surface area contributed by atoms with Crippen LogP contribution < -0.4 is 0 Å². The molecular weight excluding hydrogens is 372 g/mol. The SMILES string of the molecule is CC(C)C(O)CC(O)C(C)C(OC(=O)c1ccccc1)OC(=O)c1ccccc1. The van der Waals surface area contributed by atoms with Gasteiger partial charge in [0.25, 0.3) is 6.29 Å². The molecule has 0 aliphatic carbocycles. The van der Waals surface area contributed by atoms with Crippen LogP contribution >= 0.6 is 0 Å². The van der Waals surface area contributed by atoms with Crippen molar-refractivity contribution >= 4 is 11.9 Å². The van der Waals surface area contributed by atoms with E-state index in [1.807, 2.05) is 13.8 Å². The van der Waals surface area contributed by atoms with Crippen molar-refractivity contribution in [2.24, 2.45) is 11.8 Å². The highest BCUT2D eigenvalue weighted by atomic mass is 16.7. The Bertz CT molecular complexity index is 721. The number of esters is 2. The van der Waals surface area contributed by atoms with Crippen molar-refractivity contribution in [2.45, 2.75) is 45.7 Å². The Morgan fingerprint density at radius 2 is 1.17 bits per heavy atom. The predicted molar refractivity (Wildman–Crippen MR) is 108 cm³/mol. The second-order valence-electron chi connectivity index (χ2n) is 7.38. The Balaban J connectivity index is 2.17. The topological polar surface area (TPSA) is 93.1 Å². The van der Waals surface area contributed by atoms with Crippen LogP contribution in [-0.2, 0) is 9.47 Å². The van der Waals surface area contributed by atoms with Crippen molar-refractivity contribution in [1.29, 1.82) is 0 Å². The highest BCUT2D eigenvalue weighted by Crippen LogP contribution is 2.22. The lowest BCUT2D eigenvalue weighted by Crippen LogP contribution is -2.39. The monoisotopic (exact) mass is 400 g/mol. The van der Waals surface area contributed by atoms with Crippen LogP contribution in [0.4, 0.5) is 0 Å². The molecule has 0 aliphatic rings. The van der Waals surface area contributed by atoms with Gasteiger partial charge in [0.15, 0.2) is 0 Å². The molecule has 0 bridgehead atoms. The van der Waals surface area contributed by atoms with E-state index < -0.39 is 36.4 Å². The molecule has 3 atom stereocenters. The van der Waals surface area contributed by atoms with Gasteiger partial charge in [-0.3, -0.25) is 0 Å². The number of hydrogen-bond acceptors (Lipinski definition) is 6. The molecule has 0 fully saturated rings. The van der Waals surface area contributed by atoms with E-state index >= 15 is 0 Å². The van der Waals surface area contributed by atoms with Crippen LogP contribution in [0, 0.1) is 11.8 Å². The van der Waals surface area contributed by atoms with Crippen LogP contribution in [0.5, 0.6) is 0 Å². The fraction of sp³-hybridized carbons (Fsp3) is 0.391. The molecule has 3 unspecified atom stereocenters. The van der Waals surface area contributed by atoms with Gasteiger partial charge in [0, 0.05) is 6.42 Å². The summed E-state index contributed by atoms with van der Waals surface area (Å²) in [6, 6.07) is 16.6. The molecule has 0 spiro atoms. The first-order valence-electron chi connectivity index (χ1n) is 9.67. The molecule has 0 saturated carbocycles. The van der Waals surface area contributed by atoms with E-state index in [9.17, 15) is 19.8 Å². The van der Waals surface area contributed by atoms with Crippen molar-refractivity contribution in [3.8, 4) is 0 Å². The summed E-state index contributed by atoms with van der Waals surface area (Å²) < 4.78 is 10.9. The summed E-state index contributed by atoms with van der Waals surface area (Å²) in [6.07, 6.45) is -3.02. The Labute approximate surface area is 171 Å². The molecule has 0 radical (unpaired) electrons. The zero-order valence-electron chi connectivity index (χ0n) is 16.9. The largest absolute Gasteiger partial charge is 0.421 e. The number of carbonyl (C=O) groups excluding carboxylic acids is 2. The van der Waals surface area contributed by atoms with E-state index in [0.29, 0.717) is 11.1 Å². The molecule has 156 valence electrons. The molecule has 2 aromatic rings. The fourth-order valence-electron chi connectivity index (χ4n) is 2.65. The van der Waals surface area contributed by atoms with E-state index in [1.165, 1.54) is 0 Å². The van der Waals surface area contributed by atoms with Gasteiger partial charge in [0.05, 0.1) is 29.3 Å². The van der Waals surface area contributed by atoms with Gasteiger partial charge >= 0.3 is 11.9 Å². The molecule has 2 N–H and O–H groups in total. The number of benzene rings is 2. The first-order chi connectivity index (χ1) is 13.8. The third-order valence-corrected chi connectivity index (χ3v) is 4.75. The first kappa shape index (κ1) is 22.6. The summed E-state index contributed by atoms with van der Waals surface area (Å²) in [5.41, 5.74) is 0.606. The Kier molecular flexibility index (Phi) is 8.36. The fourth-order valence-corrected chi connectivity index (χ4v) is 2.65. The Morgan fingerprint density at radius 1 is 0.759 bits per heavy atom. The smallest absolute Gasteiger partial charge is 0.341 e. The lowest BCUT2D eigenvalue weighted by Gasteiger charge is -2.29. The summed E-state index contributed by atoms with van der Waals surface area (Å²) in [5.74, 6) is -2.13. The molecule has 0 aromatic heterocycles. The maximum absolute atomic E-state index is 12.5. The van der Waals surface area contributed by atoms with Crippen LogP contribution in [0.3, 0.4) is 0 Å². The van der Waals surface area contributed by atoms with Crippen molar-refractivity contribution in [3.05, 3.63) is 71.8 Å². The average molecular weight is 400 g/mol. The molecule has 0 aliphatic heterocycles. The number of aliphatic hydroxyl groups is 2. The molecule has 2 rings (SSSR count). The van der Waals surface area contributed by atoms with Crippen LogP contribution in [-0.4, -0.2) is 40.6 Å². The van der Waals surface area contributed by atoms with Gasteiger partial charge < -0.3 is 19.7 Å². The maximum atomic E-state index is 12.5. The Hall–Kier alpha value is -2.70.